The van der Waals surface area contributed by atoms with E-state index in [0.717, 1.165) is 25.8 Å². The van der Waals surface area contributed by atoms with Crippen LogP contribution < -0.4 is 11.5 Å². The van der Waals surface area contributed by atoms with Gasteiger partial charge in [-0.15, -0.1) is 0 Å². The van der Waals surface area contributed by atoms with Gasteiger partial charge in [0.05, 0.1) is 5.41 Å². The molecule has 4 N–H and O–H groups in total. The quantitative estimate of drug-likeness (QED) is 0.611. The van der Waals surface area contributed by atoms with Gasteiger partial charge in [-0.05, 0) is 26.4 Å². The molecule has 0 aromatic carbocycles. The molecule has 0 radical (unpaired) electrons. The second kappa shape index (κ2) is 4.07. The van der Waals surface area contributed by atoms with Gasteiger partial charge in [0.2, 0.25) is 5.91 Å². The average molecular weight is 185 g/mol. The van der Waals surface area contributed by atoms with Gasteiger partial charge in [-0.25, -0.2) is 0 Å². The van der Waals surface area contributed by atoms with Crippen LogP contribution in [-0.2, 0) is 4.79 Å². The van der Waals surface area contributed by atoms with Crippen molar-refractivity contribution in [2.24, 2.45) is 16.9 Å². The summed E-state index contributed by atoms with van der Waals surface area (Å²) in [5, 5.41) is 0. The molecule has 1 saturated heterocycles. The number of likely N-dealkylation sites (tertiary alicyclic amines) is 1. The van der Waals surface area contributed by atoms with Gasteiger partial charge in [-0.2, -0.15) is 0 Å². The van der Waals surface area contributed by atoms with Crippen LogP contribution in [0.1, 0.15) is 19.3 Å². The SMILES string of the molecule is CN1CCCCC(CN)(C(N)=O)C1. The molecule has 1 aliphatic rings. The minimum Gasteiger partial charge on any atom is -0.369 e. The topological polar surface area (TPSA) is 72.3 Å². The van der Waals surface area contributed by atoms with E-state index in [4.69, 9.17) is 11.5 Å². The molecule has 1 aliphatic heterocycles. The first-order valence-corrected chi connectivity index (χ1v) is 4.79. The van der Waals surface area contributed by atoms with Gasteiger partial charge < -0.3 is 16.4 Å². The minimum atomic E-state index is -0.481. The van der Waals surface area contributed by atoms with Gasteiger partial charge in [-0.3, -0.25) is 4.79 Å². The van der Waals surface area contributed by atoms with Gasteiger partial charge in [0, 0.05) is 13.1 Å². The molecule has 1 rings (SSSR count). The lowest BCUT2D eigenvalue weighted by Gasteiger charge is -2.30. The Bertz CT molecular complexity index is 195. The Morgan fingerprint density at radius 1 is 1.54 bits per heavy atom. The van der Waals surface area contributed by atoms with Gasteiger partial charge in [-0.1, -0.05) is 6.42 Å². The highest BCUT2D eigenvalue weighted by Gasteiger charge is 2.37. The average Bonchev–Trinajstić information content (AvgIpc) is 2.27. The summed E-state index contributed by atoms with van der Waals surface area (Å²) in [6.07, 6.45) is 3.01. The van der Waals surface area contributed by atoms with E-state index in [1.807, 2.05) is 7.05 Å². The zero-order chi connectivity index (χ0) is 9.90. The van der Waals surface area contributed by atoms with E-state index in [9.17, 15) is 4.79 Å². The molecule has 4 nitrogen and oxygen atoms in total. The first kappa shape index (κ1) is 10.5. The fraction of sp³-hybridized carbons (Fsp3) is 0.889. The second-order valence-electron chi connectivity index (χ2n) is 4.04. The molecule has 0 saturated carbocycles. The van der Waals surface area contributed by atoms with E-state index >= 15 is 0 Å². The summed E-state index contributed by atoms with van der Waals surface area (Å²) in [5.74, 6) is -0.247. The number of hydrogen-bond donors (Lipinski definition) is 2. The van der Waals surface area contributed by atoms with E-state index in [-0.39, 0.29) is 5.91 Å². The number of rotatable bonds is 2. The first-order chi connectivity index (χ1) is 6.10. The molecule has 0 aliphatic carbocycles. The monoisotopic (exact) mass is 185 g/mol. The van der Waals surface area contributed by atoms with Crippen LogP contribution in [0.2, 0.25) is 0 Å². The Morgan fingerprint density at radius 2 is 2.23 bits per heavy atom. The van der Waals surface area contributed by atoms with Crippen LogP contribution in [-0.4, -0.2) is 37.5 Å². The number of carbonyl (C=O) groups excluding carboxylic acids is 1. The van der Waals surface area contributed by atoms with Crippen molar-refractivity contribution in [3.63, 3.8) is 0 Å². The molecule has 76 valence electrons. The standard InChI is InChI=1S/C9H19N3O/c1-12-5-3-2-4-9(6-10,7-12)8(11)13/h2-7,10H2,1H3,(H2,11,13). The van der Waals surface area contributed by atoms with Crippen molar-refractivity contribution in [2.75, 3.05) is 26.7 Å². The van der Waals surface area contributed by atoms with Gasteiger partial charge in [0.25, 0.3) is 0 Å². The Balaban J connectivity index is 2.76. The summed E-state index contributed by atoms with van der Waals surface area (Å²) in [4.78, 5) is 13.5. The molecule has 1 atom stereocenters. The molecule has 1 unspecified atom stereocenters. The third-order valence-corrected chi connectivity index (χ3v) is 2.93. The Labute approximate surface area is 79.3 Å². The normalized spacial score (nSPS) is 31.2. The first-order valence-electron chi connectivity index (χ1n) is 4.79. The third-order valence-electron chi connectivity index (χ3n) is 2.93. The van der Waals surface area contributed by atoms with Crippen LogP contribution in [0, 0.1) is 5.41 Å². The van der Waals surface area contributed by atoms with Crippen molar-refractivity contribution in [3.8, 4) is 0 Å². The number of amides is 1. The predicted molar refractivity (Wildman–Crippen MR) is 52.0 cm³/mol. The van der Waals surface area contributed by atoms with Crippen LogP contribution >= 0.6 is 0 Å². The maximum absolute atomic E-state index is 11.3. The Hall–Kier alpha value is -0.610. The molecule has 1 heterocycles. The molecule has 13 heavy (non-hydrogen) atoms. The van der Waals surface area contributed by atoms with E-state index in [1.54, 1.807) is 0 Å². The van der Waals surface area contributed by atoms with Crippen LogP contribution in [0.3, 0.4) is 0 Å². The number of primary amides is 1. The zero-order valence-electron chi connectivity index (χ0n) is 8.25. The van der Waals surface area contributed by atoms with Crippen LogP contribution in [0.4, 0.5) is 0 Å². The fourth-order valence-corrected chi connectivity index (χ4v) is 1.99. The number of nitrogens with two attached hydrogens (primary N) is 2. The lowest BCUT2D eigenvalue weighted by atomic mass is 9.82. The van der Waals surface area contributed by atoms with Crippen LogP contribution in [0.15, 0.2) is 0 Å². The Morgan fingerprint density at radius 3 is 2.77 bits per heavy atom. The van der Waals surface area contributed by atoms with E-state index in [1.165, 1.54) is 0 Å². The number of nitrogens with zero attached hydrogens (tertiary/aromatic N) is 1. The Kier molecular flexibility index (Phi) is 3.27. The second-order valence-corrected chi connectivity index (χ2v) is 4.04. The van der Waals surface area contributed by atoms with Crippen molar-refractivity contribution in [2.45, 2.75) is 19.3 Å². The lowest BCUT2D eigenvalue weighted by molar-refractivity contribution is -0.128. The fourth-order valence-electron chi connectivity index (χ4n) is 1.99. The minimum absolute atomic E-state index is 0.247. The van der Waals surface area contributed by atoms with Crippen molar-refractivity contribution in [3.05, 3.63) is 0 Å². The van der Waals surface area contributed by atoms with Crippen LogP contribution in [0.5, 0.6) is 0 Å². The van der Waals surface area contributed by atoms with E-state index < -0.39 is 5.41 Å². The van der Waals surface area contributed by atoms with Gasteiger partial charge >= 0.3 is 0 Å². The van der Waals surface area contributed by atoms with Gasteiger partial charge in [0.1, 0.15) is 0 Å². The summed E-state index contributed by atoms with van der Waals surface area (Å²) < 4.78 is 0. The summed E-state index contributed by atoms with van der Waals surface area (Å²) in [6.45, 7) is 2.11. The molecule has 0 bridgehead atoms. The molecule has 4 heteroatoms. The maximum Gasteiger partial charge on any atom is 0.226 e. The summed E-state index contributed by atoms with van der Waals surface area (Å²) in [5.41, 5.74) is 10.6. The molecule has 0 spiro atoms. The summed E-state index contributed by atoms with van der Waals surface area (Å²) in [7, 11) is 2.01. The number of hydrogen-bond acceptors (Lipinski definition) is 3. The van der Waals surface area contributed by atoms with Crippen LogP contribution in [0.25, 0.3) is 0 Å². The highest BCUT2D eigenvalue weighted by atomic mass is 16.1. The van der Waals surface area contributed by atoms with Crippen molar-refractivity contribution in [1.82, 2.24) is 4.90 Å². The van der Waals surface area contributed by atoms with Gasteiger partial charge in [0.15, 0.2) is 0 Å². The molecular formula is C9H19N3O. The molecule has 1 amide bonds. The molecule has 0 aromatic heterocycles. The molecule has 0 aromatic rings. The lowest BCUT2D eigenvalue weighted by Crippen LogP contribution is -2.49. The summed E-state index contributed by atoms with van der Waals surface area (Å²) in [6, 6.07) is 0. The third kappa shape index (κ3) is 2.19. The smallest absolute Gasteiger partial charge is 0.226 e. The maximum atomic E-state index is 11.3. The number of carbonyl (C=O) groups is 1. The molecular weight excluding hydrogens is 166 g/mol. The highest BCUT2D eigenvalue weighted by Crippen LogP contribution is 2.27. The summed E-state index contributed by atoms with van der Waals surface area (Å²) >= 11 is 0. The highest BCUT2D eigenvalue weighted by molar-refractivity contribution is 5.81. The zero-order valence-corrected chi connectivity index (χ0v) is 8.25. The predicted octanol–water partition coefficient (Wildman–Crippen LogP) is -0.467. The molecule has 1 fully saturated rings. The van der Waals surface area contributed by atoms with Crippen molar-refractivity contribution >= 4 is 5.91 Å². The van der Waals surface area contributed by atoms with E-state index in [2.05, 4.69) is 4.90 Å². The van der Waals surface area contributed by atoms with Crippen molar-refractivity contribution < 1.29 is 4.79 Å². The largest absolute Gasteiger partial charge is 0.369 e. The van der Waals surface area contributed by atoms with Crippen molar-refractivity contribution in [1.29, 1.82) is 0 Å². The van der Waals surface area contributed by atoms with E-state index in [0.29, 0.717) is 13.1 Å².